The molecule has 8 rings (SSSR count). The third-order valence-electron chi connectivity index (χ3n) is 10.0. The smallest absolute Gasteiger partial charge is 0.319 e. The maximum Gasteiger partial charge on any atom is 0.319 e. The van der Waals surface area contributed by atoms with Crippen LogP contribution in [0.4, 0.5) is 14.6 Å². The van der Waals surface area contributed by atoms with Crippen molar-refractivity contribution in [2.45, 2.75) is 69.2 Å². The molecule has 1 N–H and O–H groups in total. The molecule has 4 atom stereocenters. The van der Waals surface area contributed by atoms with Crippen LogP contribution in [0.25, 0.3) is 32.9 Å². The number of fused-ring (bicyclic) bond motifs is 5. The number of halogens is 2. The van der Waals surface area contributed by atoms with E-state index in [2.05, 4.69) is 45.2 Å². The lowest BCUT2D eigenvalue weighted by Crippen LogP contribution is -2.51. The highest BCUT2D eigenvalue weighted by Gasteiger charge is 2.49. The summed E-state index contributed by atoms with van der Waals surface area (Å²) in [6.45, 7) is 5.32. The molecular formula is C33H36F2N6O. The Morgan fingerprint density at radius 1 is 1.07 bits per heavy atom. The Labute approximate surface area is 244 Å². The molecule has 42 heavy (non-hydrogen) atoms. The predicted molar refractivity (Wildman–Crippen MR) is 160 cm³/mol. The van der Waals surface area contributed by atoms with Crippen molar-refractivity contribution in [3.05, 3.63) is 54.0 Å². The highest BCUT2D eigenvalue weighted by molar-refractivity contribution is 6.00. The third-order valence-corrected chi connectivity index (χ3v) is 10.0. The lowest BCUT2D eigenvalue weighted by Gasteiger charge is -2.34. The van der Waals surface area contributed by atoms with Crippen molar-refractivity contribution in [2.24, 2.45) is 0 Å². The van der Waals surface area contributed by atoms with Crippen LogP contribution in [0.2, 0.25) is 0 Å². The zero-order chi connectivity index (χ0) is 28.4. The Morgan fingerprint density at radius 3 is 2.69 bits per heavy atom. The number of pyridine rings is 1. The highest BCUT2D eigenvalue weighted by atomic mass is 19.1. The van der Waals surface area contributed by atoms with Gasteiger partial charge in [0.25, 0.3) is 0 Å². The van der Waals surface area contributed by atoms with Gasteiger partial charge < -0.3 is 15.0 Å². The summed E-state index contributed by atoms with van der Waals surface area (Å²) in [5.41, 5.74) is 2.06. The van der Waals surface area contributed by atoms with Crippen molar-refractivity contribution in [1.82, 2.24) is 25.2 Å². The van der Waals surface area contributed by atoms with Gasteiger partial charge in [-0.15, -0.1) is 0 Å². The van der Waals surface area contributed by atoms with E-state index in [1.54, 1.807) is 6.20 Å². The van der Waals surface area contributed by atoms with E-state index in [0.717, 1.165) is 73.6 Å². The number of alkyl halides is 1. The summed E-state index contributed by atoms with van der Waals surface area (Å²) in [7, 11) is 0. The molecule has 218 valence electrons. The highest BCUT2D eigenvalue weighted by Crippen LogP contribution is 2.41. The Balaban J connectivity index is 1.25. The van der Waals surface area contributed by atoms with E-state index in [1.807, 2.05) is 18.2 Å². The second-order valence-corrected chi connectivity index (χ2v) is 12.6. The fourth-order valence-electron chi connectivity index (χ4n) is 8.04. The number of hydrogen-bond donors (Lipinski definition) is 1. The van der Waals surface area contributed by atoms with E-state index in [9.17, 15) is 4.39 Å². The first-order valence-corrected chi connectivity index (χ1v) is 15.4. The van der Waals surface area contributed by atoms with Crippen LogP contribution in [-0.2, 0) is 6.42 Å². The van der Waals surface area contributed by atoms with Gasteiger partial charge in [-0.3, -0.25) is 9.88 Å². The quantitative estimate of drug-likeness (QED) is 0.331. The van der Waals surface area contributed by atoms with Gasteiger partial charge in [-0.2, -0.15) is 9.97 Å². The number of ether oxygens (including phenoxy) is 1. The zero-order valence-electron chi connectivity index (χ0n) is 24.0. The summed E-state index contributed by atoms with van der Waals surface area (Å²) in [4.78, 5) is 18.7. The summed E-state index contributed by atoms with van der Waals surface area (Å²) in [5.74, 6) is 0.192. The van der Waals surface area contributed by atoms with Gasteiger partial charge >= 0.3 is 6.01 Å². The maximum absolute atomic E-state index is 16.7. The molecule has 4 aliphatic rings. The summed E-state index contributed by atoms with van der Waals surface area (Å²) in [6, 6.07) is 13.0. The number of piperazine rings is 1. The topological polar surface area (TPSA) is 66.4 Å². The Hall–Kier alpha value is -3.43. The van der Waals surface area contributed by atoms with Gasteiger partial charge in [-0.05, 0) is 55.0 Å². The van der Waals surface area contributed by atoms with Crippen LogP contribution in [0.1, 0.15) is 44.6 Å². The molecule has 1 unspecified atom stereocenters. The molecule has 0 saturated carbocycles. The number of hydrogen-bond acceptors (Lipinski definition) is 7. The van der Waals surface area contributed by atoms with E-state index in [0.29, 0.717) is 42.9 Å². The predicted octanol–water partition coefficient (Wildman–Crippen LogP) is 5.44. The monoisotopic (exact) mass is 570 g/mol. The molecule has 9 heteroatoms. The van der Waals surface area contributed by atoms with Crippen molar-refractivity contribution in [1.29, 1.82) is 0 Å². The standard InChI is InChI=1S/C33H36F2N6O/c1-2-20-6-3-7-21-8-4-9-25(27(20)21)29-28(35)30-26(15-36-29)31(40-17-23-10-11-24(18-40)37-23)39-32(38-30)42-19-33-12-5-13-41(33)16-22(34)14-33/h3-4,6-9,15,22-24,37H,2,5,10-14,16-19H2,1H3/t22-,23+,24?,33+/m1/s1. The van der Waals surface area contributed by atoms with Crippen molar-refractivity contribution in [3.63, 3.8) is 0 Å². The van der Waals surface area contributed by atoms with Crippen LogP contribution < -0.4 is 15.0 Å². The first-order chi connectivity index (χ1) is 20.5. The van der Waals surface area contributed by atoms with Gasteiger partial charge in [0.15, 0.2) is 5.82 Å². The minimum absolute atomic E-state index is 0.148. The second-order valence-electron chi connectivity index (χ2n) is 12.6. The first-order valence-electron chi connectivity index (χ1n) is 15.4. The van der Waals surface area contributed by atoms with Gasteiger partial charge in [-0.1, -0.05) is 43.3 Å². The van der Waals surface area contributed by atoms with Gasteiger partial charge in [-0.25, -0.2) is 8.78 Å². The number of rotatable bonds is 6. The average Bonchev–Trinajstić information content (AvgIpc) is 3.65. The normalized spacial score (nSPS) is 27.3. The van der Waals surface area contributed by atoms with Crippen LogP contribution in [0, 0.1) is 5.82 Å². The van der Waals surface area contributed by atoms with Crippen molar-refractivity contribution in [3.8, 4) is 17.3 Å². The fourth-order valence-corrected chi connectivity index (χ4v) is 8.04. The number of nitrogens with zero attached hydrogens (tertiary/aromatic N) is 5. The van der Waals surface area contributed by atoms with E-state index in [-0.39, 0.29) is 22.8 Å². The zero-order valence-corrected chi connectivity index (χ0v) is 24.0. The van der Waals surface area contributed by atoms with Crippen molar-refractivity contribution < 1.29 is 13.5 Å². The molecule has 2 aromatic heterocycles. The van der Waals surface area contributed by atoms with Gasteiger partial charge in [0.2, 0.25) is 0 Å². The lowest BCUT2D eigenvalue weighted by molar-refractivity contribution is 0.107. The Kier molecular flexibility index (Phi) is 6.30. The van der Waals surface area contributed by atoms with Gasteiger partial charge in [0.1, 0.15) is 29.8 Å². The SMILES string of the molecule is CCc1cccc2cccc(-c3ncc4c(N5CC6CC[C@@H](C5)N6)nc(OC[C@@]56CCCN5C[C@H](F)C6)nc4c3F)c12. The number of benzene rings is 2. The number of aryl methyl sites for hydroxylation is 1. The van der Waals surface area contributed by atoms with Crippen LogP contribution in [-0.4, -0.2) is 76.4 Å². The number of nitrogens with one attached hydrogen (secondary N) is 1. The minimum Gasteiger partial charge on any atom is -0.461 e. The second kappa shape index (κ2) is 10.1. The molecule has 0 radical (unpaired) electrons. The molecule has 0 spiro atoms. The number of anilines is 1. The minimum atomic E-state index is -0.849. The molecule has 2 bridgehead atoms. The summed E-state index contributed by atoms with van der Waals surface area (Å²) >= 11 is 0. The van der Waals surface area contributed by atoms with E-state index in [1.165, 1.54) is 0 Å². The van der Waals surface area contributed by atoms with Crippen molar-refractivity contribution in [2.75, 3.05) is 37.7 Å². The molecule has 7 nitrogen and oxygen atoms in total. The van der Waals surface area contributed by atoms with Crippen LogP contribution in [0.5, 0.6) is 6.01 Å². The van der Waals surface area contributed by atoms with E-state index in [4.69, 9.17) is 14.7 Å². The summed E-state index contributed by atoms with van der Waals surface area (Å²) in [6.07, 6.45) is 6.32. The first kappa shape index (κ1) is 26.2. The largest absolute Gasteiger partial charge is 0.461 e. The van der Waals surface area contributed by atoms with E-state index < -0.39 is 12.0 Å². The van der Waals surface area contributed by atoms with Gasteiger partial charge in [0.05, 0.1) is 10.9 Å². The van der Waals surface area contributed by atoms with Crippen LogP contribution in [0.3, 0.4) is 0 Å². The molecule has 6 heterocycles. The summed E-state index contributed by atoms with van der Waals surface area (Å²) < 4.78 is 37.5. The Morgan fingerprint density at radius 2 is 1.88 bits per heavy atom. The van der Waals surface area contributed by atoms with Gasteiger partial charge in [0, 0.05) is 49.9 Å². The maximum atomic E-state index is 16.7. The molecule has 4 saturated heterocycles. The fraction of sp³-hybridized carbons (Fsp3) is 0.485. The van der Waals surface area contributed by atoms with Crippen LogP contribution in [0.15, 0.2) is 42.6 Å². The molecule has 4 aromatic rings. The molecular weight excluding hydrogens is 534 g/mol. The number of aromatic nitrogens is 3. The molecule has 0 aliphatic carbocycles. The van der Waals surface area contributed by atoms with E-state index >= 15 is 4.39 Å². The third kappa shape index (κ3) is 4.23. The average molecular weight is 571 g/mol. The molecule has 2 aromatic carbocycles. The molecule has 0 amide bonds. The Bertz CT molecular complexity index is 1660. The molecule has 4 aliphatic heterocycles. The van der Waals surface area contributed by atoms with Crippen molar-refractivity contribution >= 4 is 27.5 Å². The summed E-state index contributed by atoms with van der Waals surface area (Å²) in [5, 5.41) is 6.32. The molecule has 4 fully saturated rings. The lowest BCUT2D eigenvalue weighted by atomic mass is 9.95. The van der Waals surface area contributed by atoms with Crippen LogP contribution >= 0.6 is 0 Å².